The highest BCUT2D eigenvalue weighted by atomic mass is 16.5. The van der Waals surface area contributed by atoms with Crippen LogP contribution in [0.1, 0.15) is 38.7 Å². The van der Waals surface area contributed by atoms with Crippen molar-refractivity contribution in [1.82, 2.24) is 0 Å². The molecular weight excluding hydrogens is 226 g/mol. The number of ether oxygens (including phenoxy) is 1. The third-order valence-corrected chi connectivity index (χ3v) is 2.90. The third-order valence-electron chi connectivity index (χ3n) is 2.90. The van der Waals surface area contributed by atoms with E-state index in [0.29, 0.717) is 18.8 Å². The van der Waals surface area contributed by atoms with Gasteiger partial charge in [-0.05, 0) is 36.5 Å². The second-order valence-corrected chi connectivity index (χ2v) is 4.82. The molecule has 1 rings (SSSR count). The van der Waals surface area contributed by atoms with Crippen molar-refractivity contribution in [3.63, 3.8) is 0 Å². The average molecular weight is 249 g/mol. The van der Waals surface area contributed by atoms with Crippen molar-refractivity contribution in [1.29, 1.82) is 0 Å². The fourth-order valence-corrected chi connectivity index (χ4v) is 1.83. The Balaban J connectivity index is 2.38. The molecule has 0 unspecified atom stereocenters. The minimum atomic E-state index is -0.260. The third kappa shape index (κ3) is 5.71. The van der Waals surface area contributed by atoms with Gasteiger partial charge in [0.2, 0.25) is 5.91 Å². The number of hydrogen-bond donors (Lipinski definition) is 1. The molecule has 0 spiro atoms. The van der Waals surface area contributed by atoms with Gasteiger partial charge < -0.3 is 10.5 Å². The van der Waals surface area contributed by atoms with Crippen LogP contribution < -0.4 is 10.5 Å². The molecule has 0 radical (unpaired) electrons. The molecule has 0 aliphatic rings. The molecule has 1 aromatic carbocycles. The highest BCUT2D eigenvalue weighted by Gasteiger charge is 2.02. The Bertz CT molecular complexity index is 359. The maximum atomic E-state index is 10.7. The topological polar surface area (TPSA) is 52.3 Å². The summed E-state index contributed by atoms with van der Waals surface area (Å²) in [5, 5.41) is 0. The van der Waals surface area contributed by atoms with Gasteiger partial charge in [-0.15, -0.1) is 0 Å². The molecule has 3 heteroatoms. The number of hydrogen-bond acceptors (Lipinski definition) is 2. The Morgan fingerprint density at radius 1 is 1.33 bits per heavy atom. The van der Waals surface area contributed by atoms with Crippen LogP contribution in [0.2, 0.25) is 0 Å². The van der Waals surface area contributed by atoms with Gasteiger partial charge in [0, 0.05) is 6.42 Å². The average Bonchev–Trinajstić information content (AvgIpc) is 2.35. The van der Waals surface area contributed by atoms with Crippen molar-refractivity contribution in [2.75, 3.05) is 6.61 Å². The highest BCUT2D eigenvalue weighted by Crippen LogP contribution is 2.15. The number of carbonyl (C=O) groups excluding carboxylic acids is 1. The van der Waals surface area contributed by atoms with E-state index in [1.54, 1.807) is 0 Å². The minimum Gasteiger partial charge on any atom is -0.493 e. The van der Waals surface area contributed by atoms with Crippen LogP contribution in [0.4, 0.5) is 0 Å². The standard InChI is InChI=1S/C15H23NO2/c1-3-4-12(2)11-18-14-8-5-13(6-9-14)7-10-15(16)17/h5-6,8-9,12H,3-4,7,10-11H2,1-2H3,(H2,16,17)/t12-/m1/s1. The van der Waals surface area contributed by atoms with Crippen molar-refractivity contribution >= 4 is 5.91 Å². The molecule has 1 amide bonds. The summed E-state index contributed by atoms with van der Waals surface area (Å²) in [5.74, 6) is 1.22. The zero-order chi connectivity index (χ0) is 13.4. The molecule has 100 valence electrons. The maximum Gasteiger partial charge on any atom is 0.217 e. The zero-order valence-electron chi connectivity index (χ0n) is 11.3. The first-order chi connectivity index (χ1) is 8.61. The predicted octanol–water partition coefficient (Wildman–Crippen LogP) is 2.92. The van der Waals surface area contributed by atoms with Crippen LogP contribution in [-0.2, 0) is 11.2 Å². The van der Waals surface area contributed by atoms with Crippen molar-refractivity contribution in [2.45, 2.75) is 39.5 Å². The molecule has 1 aromatic rings. The van der Waals surface area contributed by atoms with Gasteiger partial charge >= 0.3 is 0 Å². The Morgan fingerprint density at radius 3 is 2.56 bits per heavy atom. The quantitative estimate of drug-likeness (QED) is 0.770. The Hall–Kier alpha value is -1.51. The molecule has 0 saturated heterocycles. The first-order valence-electron chi connectivity index (χ1n) is 6.62. The summed E-state index contributed by atoms with van der Waals surface area (Å²) < 4.78 is 5.71. The molecule has 3 nitrogen and oxygen atoms in total. The van der Waals surface area contributed by atoms with E-state index in [4.69, 9.17) is 10.5 Å². The predicted molar refractivity (Wildman–Crippen MR) is 73.5 cm³/mol. The van der Waals surface area contributed by atoms with Crippen LogP contribution >= 0.6 is 0 Å². The molecule has 0 bridgehead atoms. The number of carbonyl (C=O) groups is 1. The van der Waals surface area contributed by atoms with Crippen molar-refractivity contribution < 1.29 is 9.53 Å². The van der Waals surface area contributed by atoms with Crippen LogP contribution in [0.3, 0.4) is 0 Å². The number of rotatable bonds is 8. The van der Waals surface area contributed by atoms with E-state index in [1.165, 1.54) is 12.8 Å². The van der Waals surface area contributed by atoms with Gasteiger partial charge in [-0.2, -0.15) is 0 Å². The van der Waals surface area contributed by atoms with Gasteiger partial charge in [0.25, 0.3) is 0 Å². The zero-order valence-corrected chi connectivity index (χ0v) is 11.3. The van der Waals surface area contributed by atoms with E-state index in [0.717, 1.165) is 17.9 Å². The molecule has 0 aromatic heterocycles. The van der Waals surface area contributed by atoms with Crippen LogP contribution in [0.15, 0.2) is 24.3 Å². The van der Waals surface area contributed by atoms with Gasteiger partial charge in [-0.1, -0.05) is 32.4 Å². The summed E-state index contributed by atoms with van der Waals surface area (Å²) in [7, 11) is 0. The summed E-state index contributed by atoms with van der Waals surface area (Å²) in [6.07, 6.45) is 3.48. The van der Waals surface area contributed by atoms with Crippen molar-refractivity contribution in [3.8, 4) is 5.75 Å². The van der Waals surface area contributed by atoms with E-state index in [2.05, 4.69) is 13.8 Å². The molecule has 0 saturated carbocycles. The van der Waals surface area contributed by atoms with Gasteiger partial charge in [0.05, 0.1) is 6.61 Å². The number of primary amides is 1. The number of nitrogens with two attached hydrogens (primary N) is 1. The van der Waals surface area contributed by atoms with Crippen LogP contribution in [0.25, 0.3) is 0 Å². The molecule has 0 aliphatic heterocycles. The fraction of sp³-hybridized carbons (Fsp3) is 0.533. The van der Waals surface area contributed by atoms with Crippen molar-refractivity contribution in [2.24, 2.45) is 11.7 Å². The first kappa shape index (κ1) is 14.6. The smallest absolute Gasteiger partial charge is 0.217 e. The number of amides is 1. The SMILES string of the molecule is CCC[C@@H](C)COc1ccc(CCC(N)=O)cc1. The summed E-state index contributed by atoms with van der Waals surface area (Å²) in [6.45, 7) is 5.14. The second kappa shape index (κ2) is 7.75. The van der Waals surface area contributed by atoms with Gasteiger partial charge in [0.1, 0.15) is 5.75 Å². The van der Waals surface area contributed by atoms with E-state index in [-0.39, 0.29) is 5.91 Å². The lowest BCUT2D eigenvalue weighted by Crippen LogP contribution is -2.11. The van der Waals surface area contributed by atoms with Crippen LogP contribution in [0, 0.1) is 5.92 Å². The molecule has 0 fully saturated rings. The summed E-state index contributed by atoms with van der Waals surface area (Å²) in [6, 6.07) is 7.88. The number of aryl methyl sites for hydroxylation is 1. The molecule has 2 N–H and O–H groups in total. The largest absolute Gasteiger partial charge is 0.493 e. The Labute approximate surface area is 109 Å². The van der Waals surface area contributed by atoms with E-state index in [1.807, 2.05) is 24.3 Å². The first-order valence-corrected chi connectivity index (χ1v) is 6.62. The lowest BCUT2D eigenvalue weighted by atomic mass is 10.1. The summed E-state index contributed by atoms with van der Waals surface area (Å²) >= 11 is 0. The summed E-state index contributed by atoms with van der Waals surface area (Å²) in [5.41, 5.74) is 6.23. The Kier molecular flexibility index (Phi) is 6.26. The summed E-state index contributed by atoms with van der Waals surface area (Å²) in [4.78, 5) is 10.7. The lowest BCUT2D eigenvalue weighted by Gasteiger charge is -2.12. The van der Waals surface area contributed by atoms with Gasteiger partial charge in [0.15, 0.2) is 0 Å². The van der Waals surface area contributed by atoms with E-state index in [9.17, 15) is 4.79 Å². The second-order valence-electron chi connectivity index (χ2n) is 4.82. The monoisotopic (exact) mass is 249 g/mol. The molecule has 0 aliphatic carbocycles. The van der Waals surface area contributed by atoms with Crippen molar-refractivity contribution in [3.05, 3.63) is 29.8 Å². The van der Waals surface area contributed by atoms with Gasteiger partial charge in [-0.3, -0.25) is 4.79 Å². The van der Waals surface area contributed by atoms with Crippen LogP contribution in [-0.4, -0.2) is 12.5 Å². The van der Waals surface area contributed by atoms with E-state index >= 15 is 0 Å². The minimum absolute atomic E-state index is 0.260. The van der Waals surface area contributed by atoms with Crippen LogP contribution in [0.5, 0.6) is 5.75 Å². The lowest BCUT2D eigenvalue weighted by molar-refractivity contribution is -0.117. The normalized spacial score (nSPS) is 12.1. The Morgan fingerprint density at radius 2 is 2.00 bits per heavy atom. The maximum absolute atomic E-state index is 10.7. The van der Waals surface area contributed by atoms with Gasteiger partial charge in [-0.25, -0.2) is 0 Å². The highest BCUT2D eigenvalue weighted by molar-refractivity contribution is 5.73. The molecule has 0 heterocycles. The molecule has 18 heavy (non-hydrogen) atoms. The fourth-order valence-electron chi connectivity index (χ4n) is 1.83. The number of benzene rings is 1. The van der Waals surface area contributed by atoms with E-state index < -0.39 is 0 Å². The molecule has 1 atom stereocenters. The molecular formula is C15H23NO2.